The molecule has 1 aromatic rings. The van der Waals surface area contributed by atoms with E-state index >= 15 is 0 Å². The predicted octanol–water partition coefficient (Wildman–Crippen LogP) is 3.04. The molecule has 1 aromatic carbocycles. The van der Waals surface area contributed by atoms with E-state index in [1.165, 1.54) is 12.1 Å². The molecule has 2 N–H and O–H groups in total. The van der Waals surface area contributed by atoms with Crippen LogP contribution in [0.3, 0.4) is 0 Å². The number of hydrogen-bond donors (Lipinski definition) is 1. The number of halogens is 1. The third-order valence-corrected chi connectivity index (χ3v) is 6.33. The van der Waals surface area contributed by atoms with E-state index in [9.17, 15) is 8.42 Å². The number of sulfone groups is 1. The summed E-state index contributed by atoms with van der Waals surface area (Å²) in [5.41, 5.74) is 4.79. The van der Waals surface area contributed by atoms with Crippen LogP contribution in [-0.4, -0.2) is 24.9 Å². The van der Waals surface area contributed by atoms with Gasteiger partial charge in [0.05, 0.1) is 27.0 Å². The second-order valence-corrected chi connectivity index (χ2v) is 8.92. The summed E-state index contributed by atoms with van der Waals surface area (Å²) in [5.74, 6) is 0. The van der Waals surface area contributed by atoms with Gasteiger partial charge in [-0.25, -0.2) is 8.42 Å². The summed E-state index contributed by atoms with van der Waals surface area (Å²) in [6.07, 6.45) is 0.425. The van der Waals surface area contributed by atoms with Crippen LogP contribution in [0.5, 0.6) is 0 Å². The molecule has 1 heterocycles. The standard InChI is InChI=1S/C14H20ClNO3S/c1-13(2)8-12(14(3,4)19-13)20(17,18)11-7-9(15)5-6-10(11)16/h5-7,12H,8,16H2,1-4H3. The molecule has 0 aromatic heterocycles. The fraction of sp³-hybridized carbons (Fsp3) is 0.571. The Bertz CT molecular complexity index is 638. The predicted molar refractivity (Wildman–Crippen MR) is 80.7 cm³/mol. The van der Waals surface area contributed by atoms with Crippen LogP contribution in [0.4, 0.5) is 5.69 Å². The zero-order chi connectivity index (χ0) is 15.3. The van der Waals surface area contributed by atoms with Crippen molar-refractivity contribution in [1.29, 1.82) is 0 Å². The quantitative estimate of drug-likeness (QED) is 0.851. The van der Waals surface area contributed by atoms with E-state index in [1.807, 2.05) is 13.8 Å². The Morgan fingerprint density at radius 1 is 1.30 bits per heavy atom. The summed E-state index contributed by atoms with van der Waals surface area (Å²) in [6.45, 7) is 7.38. The number of benzene rings is 1. The second kappa shape index (κ2) is 4.61. The van der Waals surface area contributed by atoms with Crippen molar-refractivity contribution in [1.82, 2.24) is 0 Å². The van der Waals surface area contributed by atoms with Gasteiger partial charge < -0.3 is 10.5 Å². The fourth-order valence-electron chi connectivity index (χ4n) is 2.90. The lowest BCUT2D eigenvalue weighted by molar-refractivity contribution is -0.0635. The third kappa shape index (κ3) is 2.67. The Labute approximate surface area is 125 Å². The summed E-state index contributed by atoms with van der Waals surface area (Å²) in [6, 6.07) is 4.51. The van der Waals surface area contributed by atoms with Crippen LogP contribution in [0.2, 0.25) is 5.02 Å². The minimum atomic E-state index is -3.60. The SMILES string of the molecule is CC1(C)CC(S(=O)(=O)c2cc(Cl)ccc2N)C(C)(C)O1. The second-order valence-electron chi connectivity index (χ2n) is 6.39. The number of nitrogens with two attached hydrogens (primary N) is 1. The Morgan fingerprint density at radius 3 is 2.40 bits per heavy atom. The number of ether oxygens (including phenoxy) is 1. The van der Waals surface area contributed by atoms with Crippen molar-refractivity contribution >= 4 is 27.1 Å². The Balaban J connectivity index is 2.53. The van der Waals surface area contributed by atoms with E-state index < -0.39 is 26.3 Å². The van der Waals surface area contributed by atoms with E-state index in [1.54, 1.807) is 19.9 Å². The molecule has 20 heavy (non-hydrogen) atoms. The van der Waals surface area contributed by atoms with Crippen molar-refractivity contribution in [3.05, 3.63) is 23.2 Å². The molecule has 0 saturated carbocycles. The first kappa shape index (κ1) is 15.6. The minimum Gasteiger partial charge on any atom is -0.398 e. The molecule has 6 heteroatoms. The molecule has 112 valence electrons. The molecule has 1 unspecified atom stereocenters. The third-order valence-electron chi connectivity index (χ3n) is 3.65. The van der Waals surface area contributed by atoms with Gasteiger partial charge in [0.1, 0.15) is 0 Å². The molecule has 0 radical (unpaired) electrons. The lowest BCUT2D eigenvalue weighted by Gasteiger charge is -2.27. The van der Waals surface area contributed by atoms with Gasteiger partial charge in [-0.3, -0.25) is 0 Å². The molecule has 2 rings (SSSR count). The topological polar surface area (TPSA) is 69.4 Å². The van der Waals surface area contributed by atoms with Crippen LogP contribution in [0.25, 0.3) is 0 Å². The Morgan fingerprint density at radius 2 is 1.90 bits per heavy atom. The van der Waals surface area contributed by atoms with Crippen molar-refractivity contribution in [2.45, 2.75) is 55.5 Å². The Hall–Kier alpha value is -0.780. The molecule has 1 fully saturated rings. The van der Waals surface area contributed by atoms with Crippen molar-refractivity contribution in [3.63, 3.8) is 0 Å². The van der Waals surface area contributed by atoms with Crippen LogP contribution in [0.1, 0.15) is 34.1 Å². The molecule has 1 atom stereocenters. The summed E-state index contributed by atoms with van der Waals surface area (Å²) in [7, 11) is -3.60. The molecule has 1 aliphatic heterocycles. The molecular weight excluding hydrogens is 298 g/mol. The molecule has 0 amide bonds. The Kier molecular flexibility index (Phi) is 3.60. The maximum atomic E-state index is 12.9. The molecule has 1 saturated heterocycles. The maximum absolute atomic E-state index is 12.9. The van der Waals surface area contributed by atoms with E-state index in [0.717, 1.165) is 0 Å². The fourth-order valence-corrected chi connectivity index (χ4v) is 5.55. The van der Waals surface area contributed by atoms with Gasteiger partial charge in [-0.05, 0) is 52.3 Å². The van der Waals surface area contributed by atoms with Gasteiger partial charge in [0, 0.05) is 5.02 Å². The van der Waals surface area contributed by atoms with E-state index in [0.29, 0.717) is 11.4 Å². The maximum Gasteiger partial charge on any atom is 0.186 e. The van der Waals surface area contributed by atoms with Gasteiger partial charge >= 0.3 is 0 Å². The minimum absolute atomic E-state index is 0.0874. The van der Waals surface area contributed by atoms with Gasteiger partial charge in [-0.1, -0.05) is 11.6 Å². The van der Waals surface area contributed by atoms with Gasteiger partial charge in [0.2, 0.25) is 0 Å². The monoisotopic (exact) mass is 317 g/mol. The highest BCUT2D eigenvalue weighted by atomic mass is 35.5. The van der Waals surface area contributed by atoms with Crippen molar-refractivity contribution in [2.24, 2.45) is 0 Å². The summed E-state index contributed by atoms with van der Waals surface area (Å²) in [4.78, 5) is 0.0874. The average Bonchev–Trinajstić information content (AvgIpc) is 2.50. The zero-order valence-corrected chi connectivity index (χ0v) is 13.7. The molecule has 1 aliphatic rings. The molecule has 0 bridgehead atoms. The first-order valence-electron chi connectivity index (χ1n) is 6.45. The lowest BCUT2D eigenvalue weighted by atomic mass is 10.0. The number of rotatable bonds is 2. The first-order chi connectivity index (χ1) is 8.96. The molecule has 0 aliphatic carbocycles. The number of nitrogen functional groups attached to an aromatic ring is 1. The highest BCUT2D eigenvalue weighted by molar-refractivity contribution is 7.92. The van der Waals surface area contributed by atoms with Gasteiger partial charge in [-0.2, -0.15) is 0 Å². The zero-order valence-electron chi connectivity index (χ0n) is 12.1. The van der Waals surface area contributed by atoms with E-state index in [4.69, 9.17) is 22.1 Å². The molecule has 4 nitrogen and oxygen atoms in total. The van der Waals surface area contributed by atoms with Crippen molar-refractivity contribution < 1.29 is 13.2 Å². The first-order valence-corrected chi connectivity index (χ1v) is 8.37. The highest BCUT2D eigenvalue weighted by Crippen LogP contribution is 2.44. The van der Waals surface area contributed by atoms with Crippen LogP contribution < -0.4 is 5.73 Å². The van der Waals surface area contributed by atoms with Gasteiger partial charge in [0.15, 0.2) is 9.84 Å². The van der Waals surface area contributed by atoms with Gasteiger partial charge in [0.25, 0.3) is 0 Å². The van der Waals surface area contributed by atoms with Gasteiger partial charge in [-0.15, -0.1) is 0 Å². The average molecular weight is 318 g/mol. The smallest absolute Gasteiger partial charge is 0.186 e. The molecular formula is C14H20ClNO3S. The largest absolute Gasteiger partial charge is 0.398 e. The number of hydrogen-bond acceptors (Lipinski definition) is 4. The normalized spacial score (nSPS) is 24.8. The summed E-state index contributed by atoms with van der Waals surface area (Å²) < 4.78 is 31.7. The van der Waals surface area contributed by atoms with Crippen LogP contribution in [0.15, 0.2) is 23.1 Å². The van der Waals surface area contributed by atoms with Crippen molar-refractivity contribution in [2.75, 3.05) is 5.73 Å². The summed E-state index contributed by atoms with van der Waals surface area (Å²) >= 11 is 5.91. The number of anilines is 1. The molecule has 0 spiro atoms. The van der Waals surface area contributed by atoms with Crippen LogP contribution in [0, 0.1) is 0 Å². The highest BCUT2D eigenvalue weighted by Gasteiger charge is 2.52. The van der Waals surface area contributed by atoms with Crippen molar-refractivity contribution in [3.8, 4) is 0 Å². The lowest BCUT2D eigenvalue weighted by Crippen LogP contribution is -2.38. The van der Waals surface area contributed by atoms with Crippen LogP contribution in [-0.2, 0) is 14.6 Å². The summed E-state index contributed by atoms with van der Waals surface area (Å²) in [5, 5.41) is -0.292. The van der Waals surface area contributed by atoms with E-state index in [2.05, 4.69) is 0 Å². The van der Waals surface area contributed by atoms with Crippen LogP contribution >= 0.6 is 11.6 Å². The van der Waals surface area contributed by atoms with E-state index in [-0.39, 0.29) is 10.6 Å².